The molecule has 4 nitrogen and oxygen atoms in total. The molecule has 2 fully saturated rings. The van der Waals surface area contributed by atoms with E-state index in [9.17, 15) is 15.0 Å². The minimum Gasteiger partial charge on any atom is -0.389 e. The van der Waals surface area contributed by atoms with E-state index in [-0.39, 0.29) is 18.2 Å². The Morgan fingerprint density at radius 1 is 1.27 bits per heavy atom. The molecule has 120 valence electrons. The summed E-state index contributed by atoms with van der Waals surface area (Å²) in [7, 11) is 0. The number of carbonyl (C=O) groups is 1. The highest BCUT2D eigenvalue weighted by atomic mass is 16.3. The maximum Gasteiger partial charge on any atom is 0.225 e. The molecule has 0 spiro atoms. The summed E-state index contributed by atoms with van der Waals surface area (Å²) >= 11 is 0. The standard InChI is InChI=1S/C18H25NO3/c20-16(14-6-2-1-3-7-14)12-17(21)19-11-10-18(22)9-5-4-8-15(18)13-19/h1-3,6-7,15-16,20,22H,4-5,8-13H2. The van der Waals surface area contributed by atoms with Crippen molar-refractivity contribution in [3.05, 3.63) is 35.9 Å². The van der Waals surface area contributed by atoms with Crippen LogP contribution in [-0.4, -0.2) is 39.7 Å². The van der Waals surface area contributed by atoms with Gasteiger partial charge in [0.1, 0.15) is 0 Å². The van der Waals surface area contributed by atoms with Gasteiger partial charge in [0.15, 0.2) is 0 Å². The van der Waals surface area contributed by atoms with Crippen molar-refractivity contribution in [2.75, 3.05) is 13.1 Å². The molecule has 1 aromatic rings. The highest BCUT2D eigenvalue weighted by Crippen LogP contribution is 2.40. The Bertz CT molecular complexity index is 518. The van der Waals surface area contributed by atoms with Crippen molar-refractivity contribution in [3.8, 4) is 0 Å². The number of rotatable bonds is 3. The number of hydrogen-bond acceptors (Lipinski definition) is 3. The van der Waals surface area contributed by atoms with E-state index < -0.39 is 11.7 Å². The van der Waals surface area contributed by atoms with E-state index in [1.165, 1.54) is 0 Å². The fourth-order valence-corrected chi connectivity index (χ4v) is 3.88. The van der Waals surface area contributed by atoms with Crippen molar-refractivity contribution in [3.63, 3.8) is 0 Å². The molecule has 1 aliphatic heterocycles. The van der Waals surface area contributed by atoms with Gasteiger partial charge in [0.05, 0.1) is 18.1 Å². The topological polar surface area (TPSA) is 60.8 Å². The van der Waals surface area contributed by atoms with E-state index in [1.807, 2.05) is 35.2 Å². The van der Waals surface area contributed by atoms with Crippen LogP contribution in [0.25, 0.3) is 0 Å². The van der Waals surface area contributed by atoms with E-state index in [0.717, 1.165) is 31.2 Å². The molecule has 1 saturated carbocycles. The summed E-state index contributed by atoms with van der Waals surface area (Å²) < 4.78 is 0. The highest BCUT2D eigenvalue weighted by molar-refractivity contribution is 5.77. The van der Waals surface area contributed by atoms with Crippen molar-refractivity contribution >= 4 is 5.91 Å². The van der Waals surface area contributed by atoms with Crippen LogP contribution in [0.2, 0.25) is 0 Å². The quantitative estimate of drug-likeness (QED) is 0.900. The number of piperidine rings is 1. The number of amides is 1. The first-order chi connectivity index (χ1) is 10.6. The van der Waals surface area contributed by atoms with Gasteiger partial charge in [0, 0.05) is 19.0 Å². The van der Waals surface area contributed by atoms with E-state index in [4.69, 9.17) is 0 Å². The zero-order valence-electron chi connectivity index (χ0n) is 12.9. The summed E-state index contributed by atoms with van der Waals surface area (Å²) in [6.45, 7) is 1.24. The van der Waals surface area contributed by atoms with Crippen LogP contribution in [0.3, 0.4) is 0 Å². The SMILES string of the molecule is O=C(CC(O)c1ccccc1)N1CCC2(O)CCCCC2C1. The molecule has 0 radical (unpaired) electrons. The van der Waals surface area contributed by atoms with Gasteiger partial charge in [0.2, 0.25) is 5.91 Å². The predicted molar refractivity (Wildman–Crippen MR) is 84.1 cm³/mol. The van der Waals surface area contributed by atoms with Crippen LogP contribution in [0.1, 0.15) is 50.2 Å². The van der Waals surface area contributed by atoms with Gasteiger partial charge < -0.3 is 15.1 Å². The molecule has 3 atom stereocenters. The van der Waals surface area contributed by atoms with Gasteiger partial charge in [-0.25, -0.2) is 0 Å². The third-order valence-electron chi connectivity index (χ3n) is 5.33. The van der Waals surface area contributed by atoms with Crippen LogP contribution in [0.5, 0.6) is 0 Å². The Balaban J connectivity index is 1.59. The van der Waals surface area contributed by atoms with Gasteiger partial charge >= 0.3 is 0 Å². The van der Waals surface area contributed by atoms with E-state index in [1.54, 1.807) is 0 Å². The highest BCUT2D eigenvalue weighted by Gasteiger charge is 2.43. The van der Waals surface area contributed by atoms with Crippen LogP contribution in [-0.2, 0) is 4.79 Å². The zero-order valence-corrected chi connectivity index (χ0v) is 12.9. The smallest absolute Gasteiger partial charge is 0.225 e. The Kier molecular flexibility index (Phi) is 4.50. The van der Waals surface area contributed by atoms with Crippen molar-refractivity contribution in [1.29, 1.82) is 0 Å². The number of carbonyl (C=O) groups excluding carboxylic acids is 1. The number of benzene rings is 1. The fourth-order valence-electron chi connectivity index (χ4n) is 3.88. The molecule has 1 saturated heterocycles. The molecule has 1 aromatic carbocycles. The third-order valence-corrected chi connectivity index (χ3v) is 5.33. The third kappa shape index (κ3) is 3.18. The Morgan fingerprint density at radius 3 is 2.82 bits per heavy atom. The van der Waals surface area contributed by atoms with Crippen LogP contribution >= 0.6 is 0 Å². The number of nitrogens with zero attached hydrogens (tertiary/aromatic N) is 1. The number of hydrogen-bond donors (Lipinski definition) is 2. The monoisotopic (exact) mass is 303 g/mol. The molecule has 3 unspecified atom stereocenters. The number of aliphatic hydroxyl groups is 2. The van der Waals surface area contributed by atoms with Crippen LogP contribution in [0.4, 0.5) is 0 Å². The van der Waals surface area contributed by atoms with Crippen molar-refractivity contribution in [2.45, 2.75) is 50.2 Å². The first-order valence-electron chi connectivity index (χ1n) is 8.32. The number of fused-ring (bicyclic) bond motifs is 1. The normalized spacial score (nSPS) is 29.7. The molecule has 2 aliphatic rings. The summed E-state index contributed by atoms with van der Waals surface area (Å²) in [5.74, 6) is 0.191. The molecule has 1 heterocycles. The van der Waals surface area contributed by atoms with Gasteiger partial charge in [-0.3, -0.25) is 4.79 Å². The number of likely N-dealkylation sites (tertiary alicyclic amines) is 1. The average Bonchev–Trinajstić information content (AvgIpc) is 2.54. The summed E-state index contributed by atoms with van der Waals surface area (Å²) in [6, 6.07) is 9.31. The minimum absolute atomic E-state index is 0.0102. The molecule has 0 aromatic heterocycles. The lowest BCUT2D eigenvalue weighted by molar-refractivity contribution is -0.145. The molecular formula is C18H25NO3. The Hall–Kier alpha value is -1.39. The van der Waals surface area contributed by atoms with Gasteiger partial charge in [-0.1, -0.05) is 43.2 Å². The van der Waals surface area contributed by atoms with Gasteiger partial charge in [-0.05, 0) is 24.8 Å². The maximum absolute atomic E-state index is 12.4. The molecule has 1 aliphatic carbocycles. The zero-order chi connectivity index (χ0) is 15.6. The first-order valence-corrected chi connectivity index (χ1v) is 8.32. The van der Waals surface area contributed by atoms with Gasteiger partial charge in [-0.2, -0.15) is 0 Å². The van der Waals surface area contributed by atoms with Crippen LogP contribution in [0, 0.1) is 5.92 Å². The lowest BCUT2D eigenvalue weighted by Gasteiger charge is -2.47. The second-order valence-electron chi connectivity index (χ2n) is 6.77. The van der Waals surface area contributed by atoms with Crippen molar-refractivity contribution in [1.82, 2.24) is 4.90 Å². The summed E-state index contributed by atoms with van der Waals surface area (Å²) in [6.07, 6.45) is 4.14. The molecular weight excluding hydrogens is 278 g/mol. The first kappa shape index (κ1) is 15.5. The molecule has 1 amide bonds. The van der Waals surface area contributed by atoms with Crippen molar-refractivity contribution in [2.24, 2.45) is 5.92 Å². The van der Waals surface area contributed by atoms with E-state index in [2.05, 4.69) is 0 Å². The largest absolute Gasteiger partial charge is 0.389 e. The van der Waals surface area contributed by atoms with E-state index in [0.29, 0.717) is 19.5 Å². The van der Waals surface area contributed by atoms with Crippen molar-refractivity contribution < 1.29 is 15.0 Å². The number of aliphatic hydroxyl groups excluding tert-OH is 1. The average molecular weight is 303 g/mol. The maximum atomic E-state index is 12.4. The molecule has 0 bridgehead atoms. The molecule has 4 heteroatoms. The Labute approximate surface area is 131 Å². The van der Waals surface area contributed by atoms with Crippen LogP contribution < -0.4 is 0 Å². The minimum atomic E-state index is -0.749. The second kappa shape index (κ2) is 6.39. The second-order valence-corrected chi connectivity index (χ2v) is 6.77. The summed E-state index contributed by atoms with van der Waals surface area (Å²) in [4.78, 5) is 14.3. The fraction of sp³-hybridized carbons (Fsp3) is 0.611. The van der Waals surface area contributed by atoms with Gasteiger partial charge in [-0.15, -0.1) is 0 Å². The summed E-state index contributed by atoms with van der Waals surface area (Å²) in [5, 5.41) is 20.9. The Morgan fingerprint density at radius 2 is 2.05 bits per heavy atom. The molecule has 22 heavy (non-hydrogen) atoms. The lowest BCUT2D eigenvalue weighted by atomic mass is 9.71. The van der Waals surface area contributed by atoms with Crippen LogP contribution in [0.15, 0.2) is 30.3 Å². The molecule has 2 N–H and O–H groups in total. The summed E-state index contributed by atoms with van der Waals surface area (Å²) in [5.41, 5.74) is 0.217. The predicted octanol–water partition coefficient (Wildman–Crippen LogP) is 2.26. The molecule has 3 rings (SSSR count). The van der Waals surface area contributed by atoms with E-state index >= 15 is 0 Å². The lowest BCUT2D eigenvalue weighted by Crippen LogP contribution is -2.54. The van der Waals surface area contributed by atoms with Gasteiger partial charge in [0.25, 0.3) is 0 Å².